The van der Waals surface area contributed by atoms with E-state index in [2.05, 4.69) is 53.8 Å². The summed E-state index contributed by atoms with van der Waals surface area (Å²) >= 11 is 0. The number of Topliss-reactive ketones (excluding diaryl/α,β-unsaturated/α-hetero) is 1. The predicted octanol–water partition coefficient (Wildman–Crippen LogP) is 6.84. The van der Waals surface area contributed by atoms with Crippen molar-refractivity contribution in [3.63, 3.8) is 0 Å². The summed E-state index contributed by atoms with van der Waals surface area (Å²) in [5.41, 5.74) is 1.88. The van der Waals surface area contributed by atoms with Crippen LogP contribution in [0.5, 0.6) is 0 Å². The van der Waals surface area contributed by atoms with Crippen molar-refractivity contribution in [2.45, 2.75) is 110 Å². The smallest absolute Gasteiger partial charge is 0.238 e. The number of fused-ring (bicyclic) bond motifs is 5. The van der Waals surface area contributed by atoms with Crippen molar-refractivity contribution in [1.29, 1.82) is 0 Å². The molecule has 29 heavy (non-hydrogen) atoms. The molecule has 0 saturated heterocycles. The summed E-state index contributed by atoms with van der Waals surface area (Å²) in [7, 11) is -1.88. The molecule has 0 amide bonds. The Kier molecular flexibility index (Phi) is 5.28. The average Bonchev–Trinajstić information content (AvgIpc) is 2.94. The maximum absolute atomic E-state index is 12.6. The van der Waals surface area contributed by atoms with Crippen LogP contribution < -0.4 is 0 Å². The first kappa shape index (κ1) is 21.8. The number of allylic oxidation sites excluding steroid dienone is 1. The highest BCUT2D eigenvalue weighted by Crippen LogP contribution is 2.64. The van der Waals surface area contributed by atoms with Gasteiger partial charge in [-0.05, 0) is 86.2 Å². The van der Waals surface area contributed by atoms with Gasteiger partial charge in [0.15, 0.2) is 0 Å². The summed E-state index contributed by atoms with van der Waals surface area (Å²) in [4.78, 5) is 18.7. The first-order chi connectivity index (χ1) is 13.4. The van der Waals surface area contributed by atoms with E-state index in [0.29, 0.717) is 23.0 Å². The molecule has 3 saturated carbocycles. The second-order valence-corrected chi connectivity index (χ2v) is 17.2. The van der Waals surface area contributed by atoms with Crippen LogP contribution in [0, 0.1) is 28.6 Å². The molecule has 0 N–H and O–H groups in total. The molecule has 0 spiro atoms. The van der Waals surface area contributed by atoms with Gasteiger partial charge in [0.05, 0.1) is 6.10 Å². The lowest BCUT2D eigenvalue weighted by molar-refractivity contribution is -0.264. The van der Waals surface area contributed by atoms with Crippen molar-refractivity contribution in [3.8, 4) is 0 Å². The molecule has 4 aliphatic carbocycles. The van der Waals surface area contributed by atoms with Gasteiger partial charge in [0.1, 0.15) is 5.78 Å². The molecular weight excluding hydrogens is 376 g/mol. The number of carbonyl (C=O) groups is 1. The number of rotatable bonds is 3. The Morgan fingerprint density at radius 2 is 1.69 bits per heavy atom. The van der Waals surface area contributed by atoms with E-state index >= 15 is 0 Å². The molecule has 0 aromatic heterocycles. The van der Waals surface area contributed by atoms with Gasteiger partial charge in [-0.25, -0.2) is 4.89 Å². The van der Waals surface area contributed by atoms with Gasteiger partial charge in [0, 0.05) is 11.8 Å². The van der Waals surface area contributed by atoms with Crippen molar-refractivity contribution in [2.24, 2.45) is 28.6 Å². The fraction of sp³-hybridized carbons (Fsp3) is 0.880. The van der Waals surface area contributed by atoms with Crippen molar-refractivity contribution < 1.29 is 14.3 Å². The number of hydrogen-bond acceptors (Lipinski definition) is 3. The summed E-state index contributed by atoms with van der Waals surface area (Å²) < 4.78 is 6.11. The molecular formula is C25H42O3Si. The zero-order valence-corrected chi connectivity index (χ0v) is 20.8. The van der Waals surface area contributed by atoms with Crippen LogP contribution in [0.4, 0.5) is 0 Å². The van der Waals surface area contributed by atoms with Crippen LogP contribution in [0.25, 0.3) is 0 Å². The maximum atomic E-state index is 12.6. The number of ketones is 1. The number of hydrogen-bond donors (Lipinski definition) is 0. The third-order valence-corrected chi connectivity index (χ3v) is 14.1. The Morgan fingerprint density at radius 3 is 2.38 bits per heavy atom. The minimum absolute atomic E-state index is 0.0276. The van der Waals surface area contributed by atoms with E-state index in [1.165, 1.54) is 19.3 Å². The molecule has 0 aliphatic heterocycles. The summed E-state index contributed by atoms with van der Waals surface area (Å²) in [6.07, 6.45) is 11.5. The lowest BCUT2D eigenvalue weighted by Crippen LogP contribution is -2.51. The monoisotopic (exact) mass is 418 g/mol. The Morgan fingerprint density at radius 1 is 1.03 bits per heavy atom. The highest BCUT2D eigenvalue weighted by atomic mass is 28.4. The normalized spacial score (nSPS) is 42.7. The second-order valence-electron chi connectivity index (χ2n) is 12.5. The Balaban J connectivity index is 1.47. The predicted molar refractivity (Wildman–Crippen MR) is 120 cm³/mol. The summed E-state index contributed by atoms with van der Waals surface area (Å²) in [5.74, 6) is 2.60. The minimum atomic E-state index is -1.88. The zero-order valence-electron chi connectivity index (χ0n) is 19.8. The molecule has 4 rings (SSSR count). The molecule has 1 unspecified atom stereocenters. The fourth-order valence-corrected chi connectivity index (χ4v) is 7.42. The van der Waals surface area contributed by atoms with Crippen molar-refractivity contribution >= 4 is 14.1 Å². The zero-order chi connectivity index (χ0) is 21.2. The third-order valence-electron chi connectivity index (χ3n) is 9.97. The lowest BCUT2D eigenvalue weighted by Gasteiger charge is -2.57. The van der Waals surface area contributed by atoms with Gasteiger partial charge in [-0.15, -0.1) is 0 Å². The highest BCUT2D eigenvalue weighted by molar-refractivity contribution is 6.73. The number of carbonyl (C=O) groups excluding carboxylic acids is 1. The minimum Gasteiger partial charge on any atom is -0.299 e. The van der Waals surface area contributed by atoms with E-state index in [0.717, 1.165) is 38.0 Å². The van der Waals surface area contributed by atoms with Gasteiger partial charge >= 0.3 is 0 Å². The van der Waals surface area contributed by atoms with Crippen molar-refractivity contribution in [2.75, 3.05) is 0 Å². The maximum Gasteiger partial charge on any atom is 0.238 e. The summed E-state index contributed by atoms with van der Waals surface area (Å²) in [6.45, 7) is 16.1. The van der Waals surface area contributed by atoms with Gasteiger partial charge < -0.3 is 0 Å². The second kappa shape index (κ2) is 7.03. The molecule has 0 heterocycles. The van der Waals surface area contributed by atoms with Crippen molar-refractivity contribution in [1.82, 2.24) is 0 Å². The topological polar surface area (TPSA) is 35.5 Å². The van der Waals surface area contributed by atoms with Gasteiger partial charge in [0.25, 0.3) is 0 Å². The Bertz CT molecular complexity index is 705. The Hall–Kier alpha value is -0.453. The van der Waals surface area contributed by atoms with E-state index in [-0.39, 0.29) is 16.6 Å². The molecule has 4 heteroatoms. The van der Waals surface area contributed by atoms with Crippen LogP contribution in [-0.4, -0.2) is 20.2 Å². The highest BCUT2D eigenvalue weighted by Gasteiger charge is 2.58. The Labute approximate surface area is 179 Å². The van der Waals surface area contributed by atoms with E-state index in [4.69, 9.17) is 9.46 Å². The molecule has 0 radical (unpaired) electrons. The first-order valence-electron chi connectivity index (χ1n) is 12.0. The molecule has 6 atom stereocenters. The fourth-order valence-electron chi connectivity index (χ4n) is 6.79. The third kappa shape index (κ3) is 3.42. The quantitative estimate of drug-likeness (QED) is 0.218. The van der Waals surface area contributed by atoms with Crippen LogP contribution in [0.3, 0.4) is 0 Å². The average molecular weight is 419 g/mol. The largest absolute Gasteiger partial charge is 0.299 e. The van der Waals surface area contributed by atoms with Gasteiger partial charge in [-0.2, -0.15) is 0 Å². The van der Waals surface area contributed by atoms with Crippen molar-refractivity contribution in [3.05, 3.63) is 11.6 Å². The van der Waals surface area contributed by atoms with Crippen LogP contribution in [0.15, 0.2) is 11.6 Å². The lowest BCUT2D eigenvalue weighted by atomic mass is 9.48. The molecule has 0 aromatic carbocycles. The summed E-state index contributed by atoms with van der Waals surface area (Å²) in [5, 5.41) is 0.168. The molecule has 0 bridgehead atoms. The molecule has 3 nitrogen and oxygen atoms in total. The van der Waals surface area contributed by atoms with Gasteiger partial charge in [0.2, 0.25) is 8.32 Å². The van der Waals surface area contributed by atoms with Gasteiger partial charge in [-0.3, -0.25) is 9.37 Å². The van der Waals surface area contributed by atoms with Gasteiger partial charge in [-0.1, -0.05) is 46.3 Å². The molecule has 3 fully saturated rings. The first-order valence-corrected chi connectivity index (χ1v) is 14.9. The van der Waals surface area contributed by atoms with E-state index < -0.39 is 8.32 Å². The van der Waals surface area contributed by atoms with Crippen LogP contribution in [0.1, 0.15) is 86.0 Å². The van der Waals surface area contributed by atoms with E-state index in [9.17, 15) is 4.79 Å². The van der Waals surface area contributed by atoms with Crippen LogP contribution in [0.2, 0.25) is 18.1 Å². The molecule has 0 aromatic rings. The summed E-state index contributed by atoms with van der Waals surface area (Å²) in [6, 6.07) is 0. The van der Waals surface area contributed by atoms with E-state index in [1.807, 2.05) is 0 Å². The SMILES string of the molecule is CC(C)(C)[Si](C)(C)OOC1CC[C@@]2(C)C(=CC[C@@H]3[C@H]2CC[C@]2(C)C(=O)CC[C@@H]32)C1. The van der Waals surface area contributed by atoms with Crippen LogP contribution >= 0.6 is 0 Å². The van der Waals surface area contributed by atoms with Crippen LogP contribution in [-0.2, 0) is 14.3 Å². The molecule has 164 valence electrons. The van der Waals surface area contributed by atoms with E-state index in [1.54, 1.807) is 5.57 Å². The molecule has 4 aliphatic rings. The standard InChI is InChI=1S/C25H42O3Si/c1-23(2,3)29(6,7)28-27-18-12-14-24(4)17(16-18)8-9-19-20-10-11-22(26)25(20,5)15-13-21(19)24/h8,18-21H,9-16H2,1-7H3/t18?,19-,20-,21+,24-,25-/m0/s1.